The van der Waals surface area contributed by atoms with E-state index in [0.29, 0.717) is 11.1 Å². The Labute approximate surface area is 165 Å². The number of thiophene rings is 1. The van der Waals surface area contributed by atoms with Gasteiger partial charge >= 0.3 is 5.97 Å². The Morgan fingerprint density at radius 2 is 2.07 bits per heavy atom. The van der Waals surface area contributed by atoms with Gasteiger partial charge in [0, 0.05) is 21.3 Å². The molecule has 3 atom stereocenters. The summed E-state index contributed by atoms with van der Waals surface area (Å²) in [6.07, 6.45) is 6.94. The van der Waals surface area contributed by atoms with E-state index >= 15 is 0 Å². The van der Waals surface area contributed by atoms with Crippen LogP contribution in [0.15, 0.2) is 70.5 Å². The van der Waals surface area contributed by atoms with Gasteiger partial charge in [-0.25, -0.2) is 4.79 Å². The highest BCUT2D eigenvalue weighted by atomic mass is 32.2. The Morgan fingerprint density at radius 1 is 1.26 bits per heavy atom. The van der Waals surface area contributed by atoms with Crippen LogP contribution < -0.4 is 0 Å². The second kappa shape index (κ2) is 7.84. The largest absolute Gasteiger partial charge is 0.431 e. The third-order valence-corrected chi connectivity index (χ3v) is 6.47. The summed E-state index contributed by atoms with van der Waals surface area (Å²) in [7, 11) is 0. The van der Waals surface area contributed by atoms with E-state index in [9.17, 15) is 9.59 Å². The van der Waals surface area contributed by atoms with Crippen molar-refractivity contribution in [2.45, 2.75) is 17.1 Å². The van der Waals surface area contributed by atoms with Crippen LogP contribution in [0.4, 0.5) is 0 Å². The van der Waals surface area contributed by atoms with E-state index in [2.05, 4.69) is 0 Å². The third kappa shape index (κ3) is 3.65. The number of thioether (sulfide) groups is 1. The molecule has 0 saturated carbocycles. The second-order valence-corrected chi connectivity index (χ2v) is 8.17. The molecule has 138 valence electrons. The lowest BCUT2D eigenvalue weighted by molar-refractivity contribution is -0.163. The van der Waals surface area contributed by atoms with Gasteiger partial charge in [-0.15, -0.1) is 23.1 Å². The van der Waals surface area contributed by atoms with Crippen molar-refractivity contribution in [1.29, 1.82) is 0 Å². The van der Waals surface area contributed by atoms with Gasteiger partial charge in [-0.05, 0) is 42.0 Å². The number of carbonyl (C=O) groups excluding carboxylic acids is 2. The molecule has 0 amide bonds. The summed E-state index contributed by atoms with van der Waals surface area (Å²) in [5, 5.41) is 2.00. The maximum absolute atomic E-state index is 12.6. The van der Waals surface area contributed by atoms with E-state index in [0.717, 1.165) is 9.77 Å². The predicted molar refractivity (Wildman–Crippen MR) is 106 cm³/mol. The van der Waals surface area contributed by atoms with Gasteiger partial charge in [0.05, 0.1) is 11.5 Å². The molecule has 0 unspecified atom stereocenters. The SMILES string of the molecule is CSc1ccc(C(=O)O[C@@H]2OCC(=O)C3=CC=C[C@@H](c4cccs4)[C@H]32)cc1. The molecule has 0 N–H and O–H groups in total. The lowest BCUT2D eigenvalue weighted by Gasteiger charge is -2.37. The molecule has 1 aliphatic heterocycles. The van der Waals surface area contributed by atoms with Gasteiger partial charge in [0.15, 0.2) is 5.78 Å². The fourth-order valence-electron chi connectivity index (χ4n) is 3.40. The van der Waals surface area contributed by atoms with Gasteiger partial charge in [-0.1, -0.05) is 24.3 Å². The standard InChI is InChI=1S/C21H18O4S2/c1-26-14-9-7-13(8-10-14)20(23)25-21-19-15(17(22)12-24-21)4-2-5-16(19)18-6-3-11-27-18/h2-11,16,19,21H,12H2,1H3/t16-,19-,21-/m0/s1. The molecule has 1 aliphatic carbocycles. The van der Waals surface area contributed by atoms with E-state index in [4.69, 9.17) is 9.47 Å². The molecule has 6 heteroatoms. The maximum atomic E-state index is 12.6. The van der Waals surface area contributed by atoms with Crippen LogP contribution in [0.25, 0.3) is 0 Å². The minimum absolute atomic E-state index is 0.0501. The van der Waals surface area contributed by atoms with Crippen LogP contribution in [0.5, 0.6) is 0 Å². The van der Waals surface area contributed by atoms with Crippen LogP contribution in [-0.4, -0.2) is 30.9 Å². The number of Topliss-reactive ketones (excluding diaryl/α,β-unsaturated/α-hetero) is 1. The number of benzene rings is 1. The van der Waals surface area contributed by atoms with E-state index in [1.54, 1.807) is 35.2 Å². The van der Waals surface area contributed by atoms with Gasteiger partial charge in [0.1, 0.15) is 6.61 Å². The number of ketones is 1. The van der Waals surface area contributed by atoms with Gasteiger partial charge in [0.25, 0.3) is 0 Å². The highest BCUT2D eigenvalue weighted by molar-refractivity contribution is 7.98. The molecule has 1 fully saturated rings. The lowest BCUT2D eigenvalue weighted by atomic mass is 9.78. The molecule has 1 saturated heterocycles. The summed E-state index contributed by atoms with van der Waals surface area (Å²) in [6.45, 7) is -0.0727. The number of fused-ring (bicyclic) bond motifs is 1. The van der Waals surface area contributed by atoms with E-state index in [-0.39, 0.29) is 24.2 Å². The van der Waals surface area contributed by atoms with Crippen LogP contribution >= 0.6 is 23.1 Å². The normalized spacial score (nSPS) is 24.3. The zero-order valence-corrected chi connectivity index (χ0v) is 16.3. The van der Waals surface area contributed by atoms with Gasteiger partial charge in [0.2, 0.25) is 6.29 Å². The van der Waals surface area contributed by atoms with Crippen molar-refractivity contribution in [2.75, 3.05) is 12.9 Å². The topological polar surface area (TPSA) is 52.6 Å². The number of hydrogen-bond acceptors (Lipinski definition) is 6. The summed E-state index contributed by atoms with van der Waals surface area (Å²) < 4.78 is 11.4. The molecule has 27 heavy (non-hydrogen) atoms. The highest BCUT2D eigenvalue weighted by Crippen LogP contribution is 2.42. The molecular formula is C21H18O4S2. The molecule has 2 heterocycles. The Hall–Kier alpha value is -2.15. The number of esters is 1. The molecule has 0 bridgehead atoms. The van der Waals surface area contributed by atoms with E-state index < -0.39 is 12.3 Å². The molecule has 1 aromatic heterocycles. The summed E-state index contributed by atoms with van der Waals surface area (Å²) in [4.78, 5) is 27.2. The number of allylic oxidation sites excluding steroid dienone is 3. The Bertz CT molecular complexity index is 897. The van der Waals surface area contributed by atoms with Crippen LogP contribution in [0.2, 0.25) is 0 Å². The van der Waals surface area contributed by atoms with Gasteiger partial charge in [-0.2, -0.15) is 0 Å². The first-order valence-corrected chi connectivity index (χ1v) is 10.7. The fraction of sp³-hybridized carbons (Fsp3) is 0.238. The summed E-state index contributed by atoms with van der Waals surface area (Å²) >= 11 is 3.23. The van der Waals surface area contributed by atoms with Crippen molar-refractivity contribution in [3.63, 3.8) is 0 Å². The molecule has 0 radical (unpaired) electrons. The first-order valence-electron chi connectivity index (χ1n) is 8.59. The van der Waals surface area contributed by atoms with Crippen molar-refractivity contribution in [2.24, 2.45) is 5.92 Å². The van der Waals surface area contributed by atoms with Crippen molar-refractivity contribution < 1.29 is 19.1 Å². The molecule has 0 spiro atoms. The first-order chi connectivity index (χ1) is 13.2. The lowest BCUT2D eigenvalue weighted by Crippen LogP contribution is -2.43. The zero-order chi connectivity index (χ0) is 18.8. The van der Waals surface area contributed by atoms with Crippen LogP contribution in [0, 0.1) is 5.92 Å². The van der Waals surface area contributed by atoms with Crippen molar-refractivity contribution >= 4 is 34.9 Å². The number of carbonyl (C=O) groups is 2. The smallest absolute Gasteiger partial charge is 0.340 e. The number of ether oxygens (including phenoxy) is 2. The van der Waals surface area contributed by atoms with Crippen LogP contribution in [-0.2, 0) is 14.3 Å². The number of hydrogen-bond donors (Lipinski definition) is 0. The summed E-state index contributed by atoms with van der Waals surface area (Å²) in [5.41, 5.74) is 1.13. The van der Waals surface area contributed by atoms with Crippen LogP contribution in [0.3, 0.4) is 0 Å². The average molecular weight is 399 g/mol. The minimum Gasteiger partial charge on any atom is -0.431 e. The molecule has 4 nitrogen and oxygen atoms in total. The third-order valence-electron chi connectivity index (χ3n) is 4.75. The van der Waals surface area contributed by atoms with Crippen molar-refractivity contribution in [3.05, 3.63) is 76.0 Å². The average Bonchev–Trinajstić information content (AvgIpc) is 3.24. The molecule has 1 aromatic carbocycles. The summed E-state index contributed by atoms with van der Waals surface area (Å²) in [6, 6.07) is 11.3. The molecule has 4 rings (SSSR count). The monoisotopic (exact) mass is 398 g/mol. The molecule has 2 aliphatic rings. The zero-order valence-electron chi connectivity index (χ0n) is 14.7. The minimum atomic E-state index is -0.793. The Kier molecular flexibility index (Phi) is 5.29. The highest BCUT2D eigenvalue weighted by Gasteiger charge is 2.43. The predicted octanol–water partition coefficient (Wildman–Crippen LogP) is 4.45. The van der Waals surface area contributed by atoms with Crippen molar-refractivity contribution in [3.8, 4) is 0 Å². The van der Waals surface area contributed by atoms with Gasteiger partial charge in [-0.3, -0.25) is 4.79 Å². The van der Waals surface area contributed by atoms with Crippen LogP contribution in [0.1, 0.15) is 21.2 Å². The van der Waals surface area contributed by atoms with E-state index in [1.165, 1.54) is 0 Å². The Morgan fingerprint density at radius 3 is 2.78 bits per heavy atom. The maximum Gasteiger partial charge on any atom is 0.340 e. The van der Waals surface area contributed by atoms with Crippen molar-refractivity contribution in [1.82, 2.24) is 0 Å². The molecule has 2 aromatic rings. The summed E-state index contributed by atoms with van der Waals surface area (Å²) in [5.74, 6) is -0.876. The Balaban J connectivity index is 1.59. The second-order valence-electron chi connectivity index (χ2n) is 6.31. The fourth-order valence-corrected chi connectivity index (χ4v) is 4.67. The van der Waals surface area contributed by atoms with Gasteiger partial charge < -0.3 is 9.47 Å². The number of rotatable bonds is 4. The molecular weight excluding hydrogens is 380 g/mol. The first kappa shape index (κ1) is 18.2. The quantitative estimate of drug-likeness (QED) is 0.563. The van der Waals surface area contributed by atoms with E-state index in [1.807, 2.05) is 54.1 Å².